The number of nitrogens with one attached hydrogen (secondary N) is 2. The van der Waals surface area contributed by atoms with Gasteiger partial charge in [-0.15, -0.1) is 0 Å². The highest BCUT2D eigenvalue weighted by atomic mass is 16.5. The number of para-hydroxylation sites is 1. The molecule has 1 fully saturated rings. The summed E-state index contributed by atoms with van der Waals surface area (Å²) in [7, 11) is 1.59. The molecule has 1 aliphatic heterocycles. The van der Waals surface area contributed by atoms with Gasteiger partial charge in [-0.1, -0.05) is 30.3 Å². The summed E-state index contributed by atoms with van der Waals surface area (Å²) in [4.78, 5) is 26.2. The van der Waals surface area contributed by atoms with Crippen LogP contribution in [0.4, 0.5) is 0 Å². The Morgan fingerprint density at radius 3 is 2.45 bits per heavy atom. The molecule has 0 spiro atoms. The first kappa shape index (κ1) is 20.9. The molecule has 1 aliphatic rings. The third kappa shape index (κ3) is 5.81. The van der Waals surface area contributed by atoms with Crippen LogP contribution in [-0.4, -0.2) is 38.2 Å². The monoisotopic (exact) mass is 397 g/mol. The number of esters is 1. The van der Waals surface area contributed by atoms with E-state index in [1.165, 1.54) is 31.5 Å². The van der Waals surface area contributed by atoms with Gasteiger partial charge in [0.25, 0.3) is 5.91 Å². The summed E-state index contributed by atoms with van der Waals surface area (Å²) in [5, 5.41) is 2.78. The highest BCUT2D eigenvalue weighted by Crippen LogP contribution is 2.16. The minimum Gasteiger partial charge on any atom is -0.496 e. The lowest BCUT2D eigenvalue weighted by atomic mass is 10.1. The molecule has 29 heavy (non-hydrogen) atoms. The van der Waals surface area contributed by atoms with E-state index in [0.717, 1.165) is 12.1 Å². The number of rotatable bonds is 8. The zero-order valence-electron chi connectivity index (χ0n) is 17.1. The molecule has 1 saturated heterocycles. The van der Waals surface area contributed by atoms with Crippen LogP contribution in [0.2, 0.25) is 0 Å². The predicted molar refractivity (Wildman–Crippen MR) is 110 cm³/mol. The minimum atomic E-state index is -0.883. The molecule has 1 amide bonds. The van der Waals surface area contributed by atoms with Crippen LogP contribution in [0.15, 0.2) is 48.5 Å². The molecule has 154 valence electrons. The van der Waals surface area contributed by atoms with Crippen LogP contribution in [0.25, 0.3) is 0 Å². The predicted octanol–water partition coefficient (Wildman–Crippen LogP) is 1.74. The van der Waals surface area contributed by atoms with E-state index in [1.807, 2.05) is 36.4 Å². The number of quaternary nitrogens is 1. The molecule has 6 heteroatoms. The molecular formula is C23H29N2O4+. The molecule has 0 bridgehead atoms. The maximum Gasteiger partial charge on any atom is 0.338 e. The van der Waals surface area contributed by atoms with Crippen LogP contribution in [-0.2, 0) is 22.6 Å². The van der Waals surface area contributed by atoms with Crippen molar-refractivity contribution in [3.63, 3.8) is 0 Å². The first-order valence-electron chi connectivity index (χ1n) is 10.1. The number of benzene rings is 2. The van der Waals surface area contributed by atoms with Crippen LogP contribution in [0.5, 0.6) is 5.75 Å². The van der Waals surface area contributed by atoms with Crippen molar-refractivity contribution in [3.8, 4) is 5.75 Å². The van der Waals surface area contributed by atoms with E-state index >= 15 is 0 Å². The molecule has 0 aromatic heterocycles. The molecular weight excluding hydrogens is 368 g/mol. The molecule has 2 aromatic carbocycles. The number of hydrogen-bond acceptors (Lipinski definition) is 4. The van der Waals surface area contributed by atoms with E-state index in [2.05, 4.69) is 5.32 Å². The second-order valence-electron chi connectivity index (χ2n) is 7.41. The largest absolute Gasteiger partial charge is 0.496 e. The van der Waals surface area contributed by atoms with Crippen LogP contribution in [0, 0.1) is 0 Å². The Morgan fingerprint density at radius 2 is 1.76 bits per heavy atom. The standard InChI is InChI=1S/C23H28N2O4/c1-17(22(26)24-15-20-7-3-4-8-21(20)28-2)29-23(27)19-11-9-18(10-12-19)16-25-13-5-6-14-25/h3-4,7-12,17H,5-6,13-16H2,1-2H3,(H,24,26)/p+1/t17-/m0/s1. The SMILES string of the molecule is COc1ccccc1CNC(=O)[C@H](C)OC(=O)c1ccc(C[NH+]2CCCC2)cc1. The molecule has 1 heterocycles. The topological polar surface area (TPSA) is 69.1 Å². The summed E-state index contributed by atoms with van der Waals surface area (Å²) >= 11 is 0. The number of carbonyl (C=O) groups is 2. The highest BCUT2D eigenvalue weighted by molar-refractivity contribution is 5.92. The Kier molecular flexibility index (Phi) is 7.25. The number of amides is 1. The Bertz CT molecular complexity index is 829. The van der Waals surface area contributed by atoms with Gasteiger partial charge in [-0.05, 0) is 25.1 Å². The Hall–Kier alpha value is -2.86. The lowest BCUT2D eigenvalue weighted by Gasteiger charge is -2.15. The maximum absolute atomic E-state index is 12.4. The summed E-state index contributed by atoms with van der Waals surface area (Å²) in [6, 6.07) is 14.9. The smallest absolute Gasteiger partial charge is 0.338 e. The fourth-order valence-corrected chi connectivity index (χ4v) is 3.56. The Morgan fingerprint density at radius 1 is 1.07 bits per heavy atom. The van der Waals surface area contributed by atoms with E-state index < -0.39 is 12.1 Å². The van der Waals surface area contributed by atoms with Gasteiger partial charge in [0.1, 0.15) is 12.3 Å². The number of ether oxygens (including phenoxy) is 2. The van der Waals surface area contributed by atoms with Crippen LogP contribution in [0.1, 0.15) is 41.3 Å². The van der Waals surface area contributed by atoms with Crippen molar-refractivity contribution in [3.05, 3.63) is 65.2 Å². The van der Waals surface area contributed by atoms with Gasteiger partial charge in [-0.2, -0.15) is 0 Å². The average molecular weight is 397 g/mol. The number of hydrogen-bond donors (Lipinski definition) is 2. The molecule has 3 rings (SSSR count). The number of methoxy groups -OCH3 is 1. The van der Waals surface area contributed by atoms with E-state index in [4.69, 9.17) is 9.47 Å². The van der Waals surface area contributed by atoms with Crippen LogP contribution in [0.3, 0.4) is 0 Å². The molecule has 6 nitrogen and oxygen atoms in total. The number of carbonyl (C=O) groups excluding carboxylic acids is 2. The summed E-state index contributed by atoms with van der Waals surface area (Å²) in [6.45, 7) is 5.28. The van der Waals surface area contributed by atoms with Gasteiger partial charge in [0.05, 0.1) is 25.8 Å². The lowest BCUT2D eigenvalue weighted by Crippen LogP contribution is -3.08. The second kappa shape index (κ2) is 10.1. The van der Waals surface area contributed by atoms with Crippen molar-refractivity contribution < 1.29 is 24.0 Å². The summed E-state index contributed by atoms with van der Waals surface area (Å²) < 4.78 is 10.6. The first-order valence-corrected chi connectivity index (χ1v) is 10.1. The van der Waals surface area contributed by atoms with Crippen molar-refractivity contribution in [2.45, 2.75) is 39.0 Å². The second-order valence-corrected chi connectivity index (χ2v) is 7.41. The van der Waals surface area contributed by atoms with Crippen molar-refractivity contribution in [2.24, 2.45) is 0 Å². The normalized spacial score (nSPS) is 15.0. The third-order valence-corrected chi connectivity index (χ3v) is 5.25. The fourth-order valence-electron chi connectivity index (χ4n) is 3.56. The quantitative estimate of drug-likeness (QED) is 0.666. The van der Waals surface area contributed by atoms with Gasteiger partial charge in [0.15, 0.2) is 6.10 Å². The van der Waals surface area contributed by atoms with E-state index in [0.29, 0.717) is 17.9 Å². The van der Waals surface area contributed by atoms with Gasteiger partial charge >= 0.3 is 5.97 Å². The van der Waals surface area contributed by atoms with E-state index in [-0.39, 0.29) is 5.91 Å². The summed E-state index contributed by atoms with van der Waals surface area (Å²) in [5.41, 5.74) is 2.52. The number of likely N-dealkylation sites (tertiary alicyclic amines) is 1. The van der Waals surface area contributed by atoms with Gasteiger partial charge in [0, 0.05) is 30.5 Å². The van der Waals surface area contributed by atoms with Crippen molar-refractivity contribution in [1.82, 2.24) is 5.32 Å². The maximum atomic E-state index is 12.4. The van der Waals surface area contributed by atoms with Crippen molar-refractivity contribution >= 4 is 11.9 Å². The molecule has 0 unspecified atom stereocenters. The first-order chi connectivity index (χ1) is 14.1. The van der Waals surface area contributed by atoms with Crippen molar-refractivity contribution in [1.29, 1.82) is 0 Å². The molecule has 1 atom stereocenters. The molecule has 0 radical (unpaired) electrons. The minimum absolute atomic E-state index is 0.304. The highest BCUT2D eigenvalue weighted by Gasteiger charge is 2.20. The molecule has 2 N–H and O–H groups in total. The lowest BCUT2D eigenvalue weighted by molar-refractivity contribution is -0.901. The zero-order chi connectivity index (χ0) is 20.6. The molecule has 0 aliphatic carbocycles. The summed E-state index contributed by atoms with van der Waals surface area (Å²) in [5.74, 6) is -0.142. The van der Waals surface area contributed by atoms with Crippen molar-refractivity contribution in [2.75, 3.05) is 20.2 Å². The van der Waals surface area contributed by atoms with Crippen LogP contribution < -0.4 is 15.0 Å². The third-order valence-electron chi connectivity index (χ3n) is 5.25. The average Bonchev–Trinajstić information content (AvgIpc) is 3.25. The van der Waals surface area contributed by atoms with E-state index in [1.54, 1.807) is 31.1 Å². The van der Waals surface area contributed by atoms with Gasteiger partial charge in [-0.25, -0.2) is 4.79 Å². The molecule has 2 aromatic rings. The zero-order valence-corrected chi connectivity index (χ0v) is 17.1. The Balaban J connectivity index is 1.49. The van der Waals surface area contributed by atoms with E-state index in [9.17, 15) is 9.59 Å². The summed E-state index contributed by atoms with van der Waals surface area (Å²) in [6.07, 6.45) is 1.69. The van der Waals surface area contributed by atoms with Gasteiger partial charge < -0.3 is 19.7 Å². The van der Waals surface area contributed by atoms with Crippen LogP contribution >= 0.6 is 0 Å². The Labute approximate surface area is 171 Å². The van der Waals surface area contributed by atoms with Gasteiger partial charge in [0.2, 0.25) is 0 Å². The fraction of sp³-hybridized carbons (Fsp3) is 0.391. The molecule has 0 saturated carbocycles. The van der Waals surface area contributed by atoms with Gasteiger partial charge in [-0.3, -0.25) is 4.79 Å².